The maximum absolute atomic E-state index is 12.5. The molecule has 1 heterocycles. The van der Waals surface area contributed by atoms with Crippen LogP contribution in [0.25, 0.3) is 0 Å². The van der Waals surface area contributed by atoms with E-state index < -0.39 is 0 Å². The molecule has 0 saturated carbocycles. The first-order chi connectivity index (χ1) is 13.7. The third-order valence-corrected chi connectivity index (χ3v) is 5.02. The number of ether oxygens (including phenoxy) is 2. The summed E-state index contributed by atoms with van der Waals surface area (Å²) in [4.78, 5) is 16.7. The van der Waals surface area contributed by atoms with Gasteiger partial charge in [-0.1, -0.05) is 36.4 Å². The van der Waals surface area contributed by atoms with Crippen LogP contribution in [0.5, 0.6) is 11.5 Å². The second kappa shape index (κ2) is 9.99. The summed E-state index contributed by atoms with van der Waals surface area (Å²) in [6, 6.07) is 17.7. The number of rotatable bonds is 7. The number of nitrogens with one attached hydrogen (secondary N) is 1. The molecule has 1 atom stereocenters. The van der Waals surface area contributed by atoms with Crippen LogP contribution >= 0.6 is 0 Å². The van der Waals surface area contributed by atoms with Crippen molar-refractivity contribution in [3.05, 3.63) is 60.2 Å². The highest BCUT2D eigenvalue weighted by Crippen LogP contribution is 2.18. The molecule has 0 aliphatic carbocycles. The molecule has 28 heavy (non-hydrogen) atoms. The largest absolute Gasteiger partial charge is 0.497 e. The molecule has 0 unspecified atom stereocenters. The Bertz CT molecular complexity index is 746. The molecule has 1 fully saturated rings. The first kappa shape index (κ1) is 20.0. The minimum Gasteiger partial charge on any atom is -0.497 e. The Labute approximate surface area is 167 Å². The molecule has 2 aromatic rings. The number of hydrogen-bond donors (Lipinski definition) is 1. The second-order valence-electron chi connectivity index (χ2n) is 6.94. The number of hydrogen-bond acceptors (Lipinski definition) is 4. The van der Waals surface area contributed by atoms with Gasteiger partial charge in [0.05, 0.1) is 13.2 Å². The van der Waals surface area contributed by atoms with Gasteiger partial charge in [0.15, 0.2) is 0 Å². The Morgan fingerprint density at radius 3 is 2.46 bits per heavy atom. The smallest absolute Gasteiger partial charge is 0.317 e. The highest BCUT2D eigenvalue weighted by molar-refractivity contribution is 5.74. The lowest BCUT2D eigenvalue weighted by atomic mass is 10.1. The average Bonchev–Trinajstić information content (AvgIpc) is 2.75. The minimum absolute atomic E-state index is 0.00277. The quantitative estimate of drug-likeness (QED) is 0.798. The van der Waals surface area contributed by atoms with Gasteiger partial charge in [-0.3, -0.25) is 4.90 Å². The van der Waals surface area contributed by atoms with E-state index in [4.69, 9.17) is 9.47 Å². The fourth-order valence-electron chi connectivity index (χ4n) is 3.26. The first-order valence-corrected chi connectivity index (χ1v) is 9.75. The van der Waals surface area contributed by atoms with Gasteiger partial charge in [-0.2, -0.15) is 0 Å². The molecule has 1 N–H and O–H groups in total. The molecule has 6 nitrogen and oxygen atoms in total. The molecule has 2 amide bonds. The fraction of sp³-hybridized carbons (Fsp3) is 0.409. The maximum atomic E-state index is 12.5. The van der Waals surface area contributed by atoms with E-state index in [1.54, 1.807) is 7.11 Å². The second-order valence-corrected chi connectivity index (χ2v) is 6.94. The number of carbonyl (C=O) groups is 1. The number of amides is 2. The van der Waals surface area contributed by atoms with E-state index in [1.165, 1.54) is 0 Å². The number of nitrogens with zero attached hydrogens (tertiary/aromatic N) is 2. The van der Waals surface area contributed by atoms with Crippen molar-refractivity contribution in [2.24, 2.45) is 0 Å². The summed E-state index contributed by atoms with van der Waals surface area (Å²) in [6.07, 6.45) is 0. The van der Waals surface area contributed by atoms with Crippen LogP contribution in [0.2, 0.25) is 0 Å². The molecule has 0 bridgehead atoms. The standard InChI is InChI=1S/C22H29N3O3/c1-18(19-7-4-3-5-8-19)23-22(26)25-13-11-24(12-14-25)15-16-28-21-10-6-9-20(17-21)27-2/h3-10,17-18H,11-16H2,1-2H3,(H,23,26)/t18-/m1/s1. The Balaban J connectivity index is 1.37. The zero-order chi connectivity index (χ0) is 19.8. The first-order valence-electron chi connectivity index (χ1n) is 9.75. The van der Waals surface area contributed by atoms with E-state index >= 15 is 0 Å². The topological polar surface area (TPSA) is 54.0 Å². The van der Waals surface area contributed by atoms with Crippen molar-refractivity contribution in [3.8, 4) is 11.5 Å². The van der Waals surface area contributed by atoms with Crippen molar-refractivity contribution >= 4 is 6.03 Å². The lowest BCUT2D eigenvalue weighted by Crippen LogP contribution is -2.52. The molecule has 6 heteroatoms. The van der Waals surface area contributed by atoms with Crippen molar-refractivity contribution in [2.45, 2.75) is 13.0 Å². The van der Waals surface area contributed by atoms with Crippen molar-refractivity contribution in [3.63, 3.8) is 0 Å². The lowest BCUT2D eigenvalue weighted by molar-refractivity contribution is 0.125. The summed E-state index contributed by atoms with van der Waals surface area (Å²) in [6.45, 7) is 6.64. The number of urea groups is 1. The molecular formula is C22H29N3O3. The zero-order valence-electron chi connectivity index (χ0n) is 16.6. The molecule has 3 rings (SSSR count). The normalized spacial score (nSPS) is 15.7. The van der Waals surface area contributed by atoms with Crippen molar-refractivity contribution < 1.29 is 14.3 Å². The van der Waals surface area contributed by atoms with Crippen LogP contribution < -0.4 is 14.8 Å². The van der Waals surface area contributed by atoms with E-state index in [1.807, 2.05) is 66.4 Å². The molecule has 1 aliphatic heterocycles. The monoisotopic (exact) mass is 383 g/mol. The molecule has 2 aromatic carbocycles. The SMILES string of the molecule is COc1cccc(OCCN2CCN(C(=O)N[C@H](C)c3ccccc3)CC2)c1. The van der Waals surface area contributed by atoms with Crippen LogP contribution in [0.4, 0.5) is 4.79 Å². The van der Waals surface area contributed by atoms with E-state index in [2.05, 4.69) is 10.2 Å². The van der Waals surface area contributed by atoms with Crippen molar-refractivity contribution in [2.75, 3.05) is 46.4 Å². The van der Waals surface area contributed by atoms with Gasteiger partial charge >= 0.3 is 6.03 Å². The minimum atomic E-state index is 0.00277. The Morgan fingerprint density at radius 1 is 1.04 bits per heavy atom. The number of methoxy groups -OCH3 is 1. The van der Waals surface area contributed by atoms with Crippen LogP contribution in [-0.2, 0) is 0 Å². The lowest BCUT2D eigenvalue weighted by Gasteiger charge is -2.35. The summed E-state index contributed by atoms with van der Waals surface area (Å²) in [5, 5.41) is 3.09. The van der Waals surface area contributed by atoms with Crippen molar-refractivity contribution in [1.29, 1.82) is 0 Å². The predicted octanol–water partition coefficient (Wildman–Crippen LogP) is 3.16. The van der Waals surface area contributed by atoms with Gasteiger partial charge in [-0.05, 0) is 24.6 Å². The Morgan fingerprint density at radius 2 is 1.75 bits per heavy atom. The van der Waals surface area contributed by atoms with Gasteiger partial charge in [-0.25, -0.2) is 4.79 Å². The molecule has 1 saturated heterocycles. The molecule has 1 aliphatic rings. The van der Waals surface area contributed by atoms with Crippen molar-refractivity contribution in [1.82, 2.24) is 15.1 Å². The summed E-state index contributed by atoms with van der Waals surface area (Å²) < 4.78 is 11.0. The van der Waals surface area contributed by atoms with E-state index in [-0.39, 0.29) is 12.1 Å². The summed E-state index contributed by atoms with van der Waals surface area (Å²) >= 11 is 0. The number of carbonyl (C=O) groups excluding carboxylic acids is 1. The zero-order valence-corrected chi connectivity index (χ0v) is 16.6. The third kappa shape index (κ3) is 5.63. The molecule has 0 radical (unpaired) electrons. The van der Waals surface area contributed by atoms with Gasteiger partial charge in [0, 0.05) is 38.8 Å². The third-order valence-electron chi connectivity index (χ3n) is 5.02. The number of benzene rings is 2. The maximum Gasteiger partial charge on any atom is 0.317 e. The van der Waals surface area contributed by atoms with E-state index in [9.17, 15) is 4.79 Å². The van der Waals surface area contributed by atoms with E-state index in [0.717, 1.165) is 49.8 Å². The fourth-order valence-corrected chi connectivity index (χ4v) is 3.26. The Kier molecular flexibility index (Phi) is 7.14. The average molecular weight is 383 g/mol. The van der Waals surface area contributed by atoms with Gasteiger partial charge < -0.3 is 19.7 Å². The highest BCUT2D eigenvalue weighted by Gasteiger charge is 2.22. The van der Waals surface area contributed by atoms with Crippen LogP contribution in [-0.4, -0.2) is 62.3 Å². The van der Waals surface area contributed by atoms with Gasteiger partial charge in [0.1, 0.15) is 18.1 Å². The summed E-state index contributed by atoms with van der Waals surface area (Å²) in [5.74, 6) is 1.61. The highest BCUT2D eigenvalue weighted by atomic mass is 16.5. The van der Waals surface area contributed by atoms with Crippen LogP contribution in [0, 0.1) is 0 Å². The molecule has 0 spiro atoms. The van der Waals surface area contributed by atoms with Crippen LogP contribution in [0.15, 0.2) is 54.6 Å². The van der Waals surface area contributed by atoms with Crippen LogP contribution in [0.3, 0.4) is 0 Å². The molecule has 0 aromatic heterocycles. The van der Waals surface area contributed by atoms with E-state index in [0.29, 0.717) is 6.61 Å². The van der Waals surface area contributed by atoms with Gasteiger partial charge in [0.2, 0.25) is 0 Å². The molecule has 150 valence electrons. The molecular weight excluding hydrogens is 354 g/mol. The summed E-state index contributed by atoms with van der Waals surface area (Å²) in [7, 11) is 1.65. The number of piperazine rings is 1. The van der Waals surface area contributed by atoms with Gasteiger partial charge in [-0.15, -0.1) is 0 Å². The van der Waals surface area contributed by atoms with Gasteiger partial charge in [0.25, 0.3) is 0 Å². The van der Waals surface area contributed by atoms with Crippen LogP contribution in [0.1, 0.15) is 18.5 Å². The Hall–Kier alpha value is -2.73. The summed E-state index contributed by atoms with van der Waals surface area (Å²) in [5.41, 5.74) is 1.11. The predicted molar refractivity (Wildman–Crippen MR) is 110 cm³/mol.